The summed E-state index contributed by atoms with van der Waals surface area (Å²) >= 11 is 0. The maximum absolute atomic E-state index is 5.33. The molecule has 1 saturated carbocycles. The fourth-order valence-corrected chi connectivity index (χ4v) is 4.38. The normalized spacial score (nSPS) is 28.2. The lowest BCUT2D eigenvalue weighted by Gasteiger charge is -2.46. The Kier molecular flexibility index (Phi) is 5.14. The predicted molar refractivity (Wildman–Crippen MR) is 104 cm³/mol. The monoisotopic (exact) mass is 352 g/mol. The molecular formula is C22H28N2O2. The summed E-state index contributed by atoms with van der Waals surface area (Å²) in [5.74, 6) is 1.79. The molecule has 0 aromatic heterocycles. The number of methoxy groups -OCH3 is 2. The van der Waals surface area contributed by atoms with E-state index in [9.17, 15) is 0 Å². The fraction of sp³-hybridized carbons (Fsp3) is 0.455. The van der Waals surface area contributed by atoms with Gasteiger partial charge in [-0.3, -0.25) is 0 Å². The van der Waals surface area contributed by atoms with E-state index in [0.717, 1.165) is 11.5 Å². The quantitative estimate of drug-likeness (QED) is 0.873. The maximum atomic E-state index is 5.33. The number of benzene rings is 2. The van der Waals surface area contributed by atoms with Crippen molar-refractivity contribution in [3.8, 4) is 11.5 Å². The molecule has 138 valence electrons. The van der Waals surface area contributed by atoms with Crippen molar-refractivity contribution >= 4 is 0 Å². The van der Waals surface area contributed by atoms with Crippen molar-refractivity contribution in [3.63, 3.8) is 0 Å². The second-order valence-electron chi connectivity index (χ2n) is 7.33. The lowest BCUT2D eigenvalue weighted by molar-refractivity contribution is 0.168. The Labute approximate surface area is 155 Å². The Balaban J connectivity index is 1.65. The molecule has 2 aromatic carbocycles. The van der Waals surface area contributed by atoms with E-state index in [1.165, 1.54) is 36.8 Å². The summed E-state index contributed by atoms with van der Waals surface area (Å²) in [6, 6.07) is 18.5. The molecule has 4 heteroatoms. The topological polar surface area (TPSA) is 42.5 Å². The average Bonchev–Trinajstić information content (AvgIpc) is 2.73. The van der Waals surface area contributed by atoms with Crippen molar-refractivity contribution in [1.29, 1.82) is 0 Å². The van der Waals surface area contributed by atoms with E-state index in [0.29, 0.717) is 12.1 Å². The second kappa shape index (κ2) is 7.68. The standard InChI is InChI=1S/C22H28N2O2/c1-25-17-11-7-15(8-12-17)21-22(16-9-13-18(26-2)14-10-16)24-20-6-4-3-5-19(20)23-21/h7-14,19-24H,3-6H2,1-2H3/t19-,20-,21+,22+/m0/s1. The third kappa shape index (κ3) is 3.44. The average molecular weight is 352 g/mol. The maximum Gasteiger partial charge on any atom is 0.118 e. The highest BCUT2D eigenvalue weighted by Gasteiger charge is 2.38. The number of rotatable bonds is 4. The van der Waals surface area contributed by atoms with Gasteiger partial charge in [0.2, 0.25) is 0 Å². The van der Waals surface area contributed by atoms with Crippen LogP contribution in [0.1, 0.15) is 48.9 Å². The summed E-state index contributed by atoms with van der Waals surface area (Å²) in [4.78, 5) is 0. The Bertz CT molecular complexity index is 650. The zero-order valence-electron chi connectivity index (χ0n) is 15.6. The van der Waals surface area contributed by atoms with E-state index in [-0.39, 0.29) is 12.1 Å². The van der Waals surface area contributed by atoms with Gasteiger partial charge in [0.05, 0.1) is 26.3 Å². The Morgan fingerprint density at radius 3 is 1.38 bits per heavy atom. The van der Waals surface area contributed by atoms with Crippen molar-refractivity contribution < 1.29 is 9.47 Å². The van der Waals surface area contributed by atoms with Crippen LogP contribution in [-0.2, 0) is 0 Å². The van der Waals surface area contributed by atoms with Crippen LogP contribution < -0.4 is 20.1 Å². The molecule has 0 bridgehead atoms. The number of hydrogen-bond donors (Lipinski definition) is 2. The van der Waals surface area contributed by atoms with Gasteiger partial charge >= 0.3 is 0 Å². The van der Waals surface area contributed by atoms with Gasteiger partial charge in [-0.2, -0.15) is 0 Å². The molecule has 0 unspecified atom stereocenters. The smallest absolute Gasteiger partial charge is 0.118 e. The molecule has 1 aliphatic carbocycles. The summed E-state index contributed by atoms with van der Waals surface area (Å²) in [5.41, 5.74) is 2.59. The molecule has 1 aliphatic heterocycles. The van der Waals surface area contributed by atoms with Gasteiger partial charge in [-0.05, 0) is 48.2 Å². The third-order valence-electron chi connectivity index (χ3n) is 5.84. The fourth-order valence-electron chi connectivity index (χ4n) is 4.38. The lowest BCUT2D eigenvalue weighted by Crippen LogP contribution is -2.59. The number of fused-ring (bicyclic) bond motifs is 1. The Hall–Kier alpha value is -2.04. The number of ether oxygens (including phenoxy) is 2. The van der Waals surface area contributed by atoms with Gasteiger partial charge < -0.3 is 20.1 Å². The summed E-state index contributed by atoms with van der Waals surface area (Å²) in [6.45, 7) is 0. The van der Waals surface area contributed by atoms with Crippen LogP contribution in [0.3, 0.4) is 0 Å². The molecule has 2 aromatic rings. The van der Waals surface area contributed by atoms with E-state index in [2.05, 4.69) is 59.2 Å². The first-order chi connectivity index (χ1) is 12.8. The Morgan fingerprint density at radius 1 is 0.654 bits per heavy atom. The zero-order valence-corrected chi connectivity index (χ0v) is 15.6. The molecule has 2 fully saturated rings. The van der Waals surface area contributed by atoms with Crippen LogP contribution in [0.25, 0.3) is 0 Å². The van der Waals surface area contributed by atoms with Crippen molar-refractivity contribution in [2.24, 2.45) is 0 Å². The predicted octanol–water partition coefficient (Wildman–Crippen LogP) is 3.99. The van der Waals surface area contributed by atoms with Crippen LogP contribution in [0.5, 0.6) is 11.5 Å². The number of hydrogen-bond acceptors (Lipinski definition) is 4. The number of nitrogens with one attached hydrogen (secondary N) is 2. The largest absolute Gasteiger partial charge is 0.497 e. The molecule has 26 heavy (non-hydrogen) atoms. The highest BCUT2D eigenvalue weighted by atomic mass is 16.5. The van der Waals surface area contributed by atoms with E-state index >= 15 is 0 Å². The molecular weight excluding hydrogens is 324 g/mol. The first-order valence-corrected chi connectivity index (χ1v) is 9.58. The number of piperazine rings is 1. The van der Waals surface area contributed by atoms with Crippen LogP contribution in [0.15, 0.2) is 48.5 Å². The van der Waals surface area contributed by atoms with Gasteiger partial charge in [0.15, 0.2) is 0 Å². The summed E-state index contributed by atoms with van der Waals surface area (Å²) in [5, 5.41) is 7.90. The van der Waals surface area contributed by atoms with Crippen LogP contribution in [0.4, 0.5) is 0 Å². The van der Waals surface area contributed by atoms with Crippen LogP contribution in [0.2, 0.25) is 0 Å². The molecule has 0 amide bonds. The van der Waals surface area contributed by atoms with Crippen LogP contribution >= 0.6 is 0 Å². The van der Waals surface area contributed by atoms with Gasteiger partial charge in [-0.25, -0.2) is 0 Å². The third-order valence-corrected chi connectivity index (χ3v) is 5.84. The van der Waals surface area contributed by atoms with Gasteiger partial charge in [0.1, 0.15) is 11.5 Å². The minimum atomic E-state index is 0.244. The van der Waals surface area contributed by atoms with Crippen molar-refractivity contribution in [2.75, 3.05) is 14.2 Å². The van der Waals surface area contributed by atoms with E-state index in [1.54, 1.807) is 14.2 Å². The minimum Gasteiger partial charge on any atom is -0.497 e. The van der Waals surface area contributed by atoms with Crippen molar-refractivity contribution in [3.05, 3.63) is 59.7 Å². The molecule has 4 nitrogen and oxygen atoms in total. The molecule has 4 rings (SSSR count). The molecule has 1 heterocycles. The summed E-state index contributed by atoms with van der Waals surface area (Å²) < 4.78 is 10.7. The van der Waals surface area contributed by atoms with E-state index < -0.39 is 0 Å². The second-order valence-corrected chi connectivity index (χ2v) is 7.33. The van der Waals surface area contributed by atoms with Crippen molar-refractivity contribution in [2.45, 2.75) is 49.9 Å². The highest BCUT2D eigenvalue weighted by Crippen LogP contribution is 2.37. The molecule has 2 aliphatic rings. The first-order valence-electron chi connectivity index (χ1n) is 9.58. The molecule has 0 spiro atoms. The lowest BCUT2D eigenvalue weighted by atomic mass is 9.82. The molecule has 1 saturated heterocycles. The van der Waals surface area contributed by atoms with Gasteiger partial charge in [-0.15, -0.1) is 0 Å². The zero-order chi connectivity index (χ0) is 17.9. The van der Waals surface area contributed by atoms with Gasteiger partial charge in [0.25, 0.3) is 0 Å². The molecule has 4 atom stereocenters. The summed E-state index contributed by atoms with van der Waals surface area (Å²) in [6.07, 6.45) is 5.13. The SMILES string of the molecule is COc1ccc([C@H]2N[C@H]3CCCC[C@@H]3N[C@@H]2c2ccc(OC)cc2)cc1. The van der Waals surface area contributed by atoms with Crippen LogP contribution in [0, 0.1) is 0 Å². The Morgan fingerprint density at radius 2 is 1.04 bits per heavy atom. The summed E-state index contributed by atoms with van der Waals surface area (Å²) in [7, 11) is 3.42. The van der Waals surface area contributed by atoms with E-state index in [4.69, 9.17) is 9.47 Å². The van der Waals surface area contributed by atoms with Gasteiger partial charge in [0, 0.05) is 12.1 Å². The van der Waals surface area contributed by atoms with Crippen LogP contribution in [-0.4, -0.2) is 26.3 Å². The molecule has 2 N–H and O–H groups in total. The van der Waals surface area contributed by atoms with Gasteiger partial charge in [-0.1, -0.05) is 37.1 Å². The first kappa shape index (κ1) is 17.4. The minimum absolute atomic E-state index is 0.244. The highest BCUT2D eigenvalue weighted by molar-refractivity contribution is 5.35. The van der Waals surface area contributed by atoms with E-state index in [1.807, 2.05) is 0 Å². The molecule has 0 radical (unpaired) electrons. The van der Waals surface area contributed by atoms with Crippen molar-refractivity contribution in [1.82, 2.24) is 10.6 Å².